The van der Waals surface area contributed by atoms with Gasteiger partial charge in [0.2, 0.25) is 0 Å². The smallest absolute Gasteiger partial charge is 0.337 e. The number of carbonyl (C=O) groups excluding carboxylic acids is 2. The molecule has 0 saturated carbocycles. The second-order valence-electron chi connectivity index (χ2n) is 9.88. The maximum absolute atomic E-state index is 14.2. The van der Waals surface area contributed by atoms with Gasteiger partial charge in [0.25, 0.3) is 5.91 Å². The molecule has 0 bridgehead atoms. The van der Waals surface area contributed by atoms with E-state index in [1.165, 1.54) is 23.9 Å². The van der Waals surface area contributed by atoms with Gasteiger partial charge in [-0.15, -0.1) is 0 Å². The maximum atomic E-state index is 14.2. The fourth-order valence-electron chi connectivity index (χ4n) is 4.62. The van der Waals surface area contributed by atoms with Gasteiger partial charge in [-0.05, 0) is 55.0 Å². The zero-order valence-corrected chi connectivity index (χ0v) is 20.8. The maximum Gasteiger partial charge on any atom is 0.337 e. The minimum absolute atomic E-state index is 0.109. The Bertz CT molecular complexity index is 1650. The highest BCUT2D eigenvalue weighted by Crippen LogP contribution is 2.39. The molecule has 2 aromatic heterocycles. The van der Waals surface area contributed by atoms with Crippen molar-refractivity contribution in [2.45, 2.75) is 27.7 Å². The first-order valence-electron chi connectivity index (χ1n) is 11.6. The van der Waals surface area contributed by atoms with Crippen molar-refractivity contribution in [1.82, 2.24) is 14.3 Å². The summed E-state index contributed by atoms with van der Waals surface area (Å²) in [5.41, 5.74) is 4.79. The number of hydrogen-bond donors (Lipinski definition) is 0. The van der Waals surface area contributed by atoms with Gasteiger partial charge in [-0.1, -0.05) is 39.0 Å². The number of benzene rings is 3. The van der Waals surface area contributed by atoms with E-state index in [1.54, 1.807) is 24.4 Å². The number of hydrogen-bond acceptors (Lipinski definition) is 4. The fourth-order valence-corrected chi connectivity index (χ4v) is 4.62. The van der Waals surface area contributed by atoms with Crippen LogP contribution in [0.15, 0.2) is 66.9 Å². The summed E-state index contributed by atoms with van der Waals surface area (Å²) in [5.74, 6) is -0.851. The van der Waals surface area contributed by atoms with Crippen LogP contribution in [0.2, 0.25) is 0 Å². The average molecular weight is 484 g/mol. The molecule has 0 saturated heterocycles. The van der Waals surface area contributed by atoms with Crippen molar-refractivity contribution in [3.8, 4) is 16.8 Å². The van der Waals surface area contributed by atoms with E-state index in [9.17, 15) is 14.0 Å². The van der Waals surface area contributed by atoms with Crippen molar-refractivity contribution in [3.63, 3.8) is 0 Å². The van der Waals surface area contributed by atoms with Gasteiger partial charge in [-0.2, -0.15) is 9.78 Å². The number of halogens is 1. The van der Waals surface area contributed by atoms with E-state index in [0.717, 1.165) is 33.1 Å². The summed E-state index contributed by atoms with van der Waals surface area (Å²) in [6.45, 7) is 7.56. The van der Waals surface area contributed by atoms with Crippen molar-refractivity contribution in [1.29, 1.82) is 0 Å². The lowest BCUT2D eigenvalue weighted by molar-refractivity contribution is 0.0600. The molecular formula is C29H26FN3O3. The number of methoxy groups -OCH3 is 1. The molecule has 0 amide bonds. The molecule has 0 radical (unpaired) electrons. The molecule has 0 aliphatic rings. The molecule has 0 atom stereocenters. The zero-order chi connectivity index (χ0) is 25.8. The third-order valence-corrected chi connectivity index (χ3v) is 6.39. The minimum Gasteiger partial charge on any atom is -0.465 e. The molecule has 0 N–H and O–H groups in total. The summed E-state index contributed by atoms with van der Waals surface area (Å²) < 4.78 is 22.5. The van der Waals surface area contributed by atoms with E-state index >= 15 is 0 Å². The largest absolute Gasteiger partial charge is 0.465 e. The Morgan fingerprint density at radius 3 is 2.33 bits per heavy atom. The van der Waals surface area contributed by atoms with Crippen LogP contribution in [-0.4, -0.2) is 33.3 Å². The predicted octanol–water partition coefficient (Wildman–Crippen LogP) is 6.57. The molecule has 6 nitrogen and oxygen atoms in total. The monoisotopic (exact) mass is 483 g/mol. The Hall–Kier alpha value is -4.26. The first kappa shape index (κ1) is 23.5. The molecule has 0 fully saturated rings. The van der Waals surface area contributed by atoms with Crippen molar-refractivity contribution >= 4 is 33.7 Å². The Labute approximate surface area is 207 Å². The Morgan fingerprint density at radius 2 is 1.69 bits per heavy atom. The lowest BCUT2D eigenvalue weighted by atomic mass is 9.95. The van der Waals surface area contributed by atoms with Gasteiger partial charge in [0.05, 0.1) is 29.9 Å². The van der Waals surface area contributed by atoms with E-state index < -0.39 is 11.4 Å². The molecule has 0 aliphatic carbocycles. The van der Waals surface area contributed by atoms with Crippen LogP contribution in [0.25, 0.3) is 38.6 Å². The molecule has 0 aliphatic heterocycles. The van der Waals surface area contributed by atoms with Crippen LogP contribution in [0.1, 0.15) is 41.6 Å². The van der Waals surface area contributed by atoms with Gasteiger partial charge in [-0.3, -0.25) is 4.79 Å². The van der Waals surface area contributed by atoms with Crippen molar-refractivity contribution in [2.24, 2.45) is 5.41 Å². The van der Waals surface area contributed by atoms with Crippen LogP contribution in [0.5, 0.6) is 0 Å². The molecule has 0 spiro atoms. The Kier molecular flexibility index (Phi) is 5.51. The van der Waals surface area contributed by atoms with Gasteiger partial charge in [0, 0.05) is 33.1 Å². The standard InChI is InChI=1S/C29H26FN3O3/c1-17-26(18-9-11-19(12-10-18)27(34)36-5)23-15-24-20(16-31-33(24)28(35)29(2,3)4)13-25(23)32(17)22-8-6-7-21(30)14-22/h6-16H,1-5H3. The van der Waals surface area contributed by atoms with E-state index in [4.69, 9.17) is 4.74 Å². The second kappa shape index (κ2) is 8.45. The minimum atomic E-state index is -0.607. The van der Waals surface area contributed by atoms with Gasteiger partial charge in [0.15, 0.2) is 0 Å². The molecule has 2 heterocycles. The lowest BCUT2D eigenvalue weighted by Crippen LogP contribution is -2.27. The summed E-state index contributed by atoms with van der Waals surface area (Å²) in [4.78, 5) is 25.1. The van der Waals surface area contributed by atoms with Crippen LogP contribution in [0.4, 0.5) is 4.39 Å². The summed E-state index contributed by atoms with van der Waals surface area (Å²) in [6, 6.07) is 17.6. The molecular weight excluding hydrogens is 457 g/mol. The lowest BCUT2D eigenvalue weighted by Gasteiger charge is -2.16. The van der Waals surface area contributed by atoms with Crippen LogP contribution in [-0.2, 0) is 4.74 Å². The van der Waals surface area contributed by atoms with Crippen LogP contribution in [0.3, 0.4) is 0 Å². The Morgan fingerprint density at radius 1 is 0.972 bits per heavy atom. The van der Waals surface area contributed by atoms with Gasteiger partial charge < -0.3 is 9.30 Å². The van der Waals surface area contributed by atoms with E-state index in [0.29, 0.717) is 16.8 Å². The number of fused-ring (bicyclic) bond motifs is 2. The molecule has 182 valence electrons. The highest BCUT2D eigenvalue weighted by molar-refractivity contribution is 6.07. The second-order valence-corrected chi connectivity index (χ2v) is 9.88. The predicted molar refractivity (Wildman–Crippen MR) is 138 cm³/mol. The molecule has 3 aromatic carbocycles. The van der Waals surface area contributed by atoms with Gasteiger partial charge in [-0.25, -0.2) is 9.18 Å². The van der Waals surface area contributed by atoms with Crippen LogP contribution >= 0.6 is 0 Å². The first-order chi connectivity index (χ1) is 17.1. The topological polar surface area (TPSA) is 66.1 Å². The van der Waals surface area contributed by atoms with Crippen LogP contribution < -0.4 is 0 Å². The third kappa shape index (κ3) is 3.77. The number of aromatic nitrogens is 3. The normalized spacial score (nSPS) is 11.8. The number of esters is 1. The van der Waals surface area contributed by atoms with Crippen molar-refractivity contribution in [2.75, 3.05) is 7.11 Å². The molecule has 5 rings (SSSR count). The first-order valence-corrected chi connectivity index (χ1v) is 11.6. The quantitative estimate of drug-likeness (QED) is 0.272. The number of nitrogens with zero attached hydrogens (tertiary/aromatic N) is 3. The third-order valence-electron chi connectivity index (χ3n) is 6.39. The summed E-state index contributed by atoms with van der Waals surface area (Å²) in [7, 11) is 1.35. The highest BCUT2D eigenvalue weighted by Gasteiger charge is 2.26. The van der Waals surface area contributed by atoms with Crippen molar-refractivity contribution < 1.29 is 18.7 Å². The highest BCUT2D eigenvalue weighted by atomic mass is 19.1. The van der Waals surface area contributed by atoms with Crippen LogP contribution in [0, 0.1) is 18.2 Å². The van der Waals surface area contributed by atoms with Gasteiger partial charge in [0.1, 0.15) is 5.82 Å². The Balaban J connectivity index is 1.83. The van der Waals surface area contributed by atoms with E-state index in [-0.39, 0.29) is 11.7 Å². The molecule has 5 aromatic rings. The average Bonchev–Trinajstić information content (AvgIpc) is 3.38. The SMILES string of the molecule is COC(=O)c1ccc(-c2c(C)n(-c3cccc(F)c3)c3cc4cnn(C(=O)C(C)(C)C)c4cc23)cc1. The molecule has 36 heavy (non-hydrogen) atoms. The van der Waals surface area contributed by atoms with Crippen molar-refractivity contribution in [3.05, 3.63) is 83.9 Å². The summed E-state index contributed by atoms with van der Waals surface area (Å²) in [6.07, 6.45) is 1.68. The van der Waals surface area contributed by atoms with Gasteiger partial charge >= 0.3 is 5.97 Å². The van der Waals surface area contributed by atoms with E-state index in [2.05, 4.69) is 5.10 Å². The number of carbonyl (C=O) groups is 2. The summed E-state index contributed by atoms with van der Waals surface area (Å²) >= 11 is 0. The molecule has 0 unspecified atom stereocenters. The number of ether oxygens (including phenoxy) is 1. The summed E-state index contributed by atoms with van der Waals surface area (Å²) in [5, 5.41) is 6.09. The number of rotatable bonds is 3. The zero-order valence-electron chi connectivity index (χ0n) is 20.8. The molecule has 7 heteroatoms. The van der Waals surface area contributed by atoms with E-state index in [1.807, 2.05) is 62.6 Å². The fraction of sp³-hybridized carbons (Fsp3) is 0.207.